The highest BCUT2D eigenvalue weighted by atomic mass is 32.1. The van der Waals surface area contributed by atoms with Crippen molar-refractivity contribution < 1.29 is 27.5 Å². The zero-order chi connectivity index (χ0) is 22.9. The summed E-state index contributed by atoms with van der Waals surface area (Å²) in [5.74, 6) is -1.07. The molecule has 0 unspecified atom stereocenters. The second-order valence-corrected chi connectivity index (χ2v) is 7.71. The van der Waals surface area contributed by atoms with Gasteiger partial charge in [-0.3, -0.25) is 9.69 Å². The van der Waals surface area contributed by atoms with E-state index in [0.717, 1.165) is 39.3 Å². The van der Waals surface area contributed by atoms with Crippen LogP contribution >= 0.6 is 11.3 Å². The summed E-state index contributed by atoms with van der Waals surface area (Å²) >= 11 is 1.06. The zero-order valence-electron chi connectivity index (χ0n) is 16.6. The first-order chi connectivity index (χ1) is 15.2. The van der Waals surface area contributed by atoms with Gasteiger partial charge in [0.25, 0.3) is 0 Å². The van der Waals surface area contributed by atoms with Crippen molar-refractivity contribution in [2.24, 2.45) is 0 Å². The number of benzene rings is 2. The van der Waals surface area contributed by atoms with Crippen molar-refractivity contribution in [2.45, 2.75) is 19.7 Å². The number of anilines is 2. The molecule has 2 heterocycles. The average Bonchev–Trinajstić information content (AvgIpc) is 3.38. The Kier molecular flexibility index (Phi) is 5.70. The van der Waals surface area contributed by atoms with Crippen LogP contribution in [0.5, 0.6) is 0 Å². The topological polar surface area (TPSA) is 75.3 Å². The van der Waals surface area contributed by atoms with Gasteiger partial charge in [0.1, 0.15) is 12.3 Å². The Balaban J connectivity index is 1.50. The molecule has 0 saturated heterocycles. The highest BCUT2D eigenvalue weighted by Crippen LogP contribution is 2.35. The minimum atomic E-state index is -4.54. The fourth-order valence-electron chi connectivity index (χ4n) is 3.11. The first-order valence-electron chi connectivity index (χ1n) is 9.39. The maximum absolute atomic E-state index is 13.1. The molecule has 0 saturated carbocycles. The Morgan fingerprint density at radius 1 is 1.12 bits per heavy atom. The Bertz CT molecular complexity index is 1260. The van der Waals surface area contributed by atoms with E-state index >= 15 is 0 Å². The summed E-state index contributed by atoms with van der Waals surface area (Å²) in [6.07, 6.45) is -4.54. The predicted molar refractivity (Wildman–Crippen MR) is 114 cm³/mol. The standard InChI is InChI=1S/C22H16F3N3O3S/c1-13(29)28(17-7-4-6-15(10-17)22(23,24)25)21-26-16(12-32-21)11-31-20(30)19-9-14-5-2-3-8-18(14)27-19/h2-10,12,27H,11H2,1H3. The number of fused-ring (bicyclic) bond motifs is 1. The highest BCUT2D eigenvalue weighted by Gasteiger charge is 2.31. The number of rotatable bonds is 5. The molecule has 6 nitrogen and oxygen atoms in total. The monoisotopic (exact) mass is 459 g/mol. The number of nitrogens with one attached hydrogen (secondary N) is 1. The van der Waals surface area contributed by atoms with E-state index in [2.05, 4.69) is 9.97 Å². The van der Waals surface area contributed by atoms with Crippen molar-refractivity contribution in [2.75, 3.05) is 4.90 Å². The minimum absolute atomic E-state index is 0.0447. The molecule has 2 aromatic heterocycles. The van der Waals surface area contributed by atoms with E-state index in [-0.39, 0.29) is 23.1 Å². The van der Waals surface area contributed by atoms with Gasteiger partial charge in [-0.1, -0.05) is 24.3 Å². The largest absolute Gasteiger partial charge is 0.454 e. The fraction of sp³-hybridized carbons (Fsp3) is 0.136. The Hall–Kier alpha value is -3.66. The second kappa shape index (κ2) is 8.46. The van der Waals surface area contributed by atoms with E-state index in [1.165, 1.54) is 19.1 Å². The first-order valence-corrected chi connectivity index (χ1v) is 10.3. The van der Waals surface area contributed by atoms with Crippen LogP contribution in [0, 0.1) is 0 Å². The molecule has 0 bridgehead atoms. The quantitative estimate of drug-likeness (QED) is 0.390. The summed E-state index contributed by atoms with van der Waals surface area (Å²) in [6, 6.07) is 13.5. The molecule has 0 radical (unpaired) electrons. The number of halogens is 3. The number of thiazole rings is 1. The summed E-state index contributed by atoms with van der Waals surface area (Å²) in [5.41, 5.74) is 0.630. The molecule has 4 rings (SSSR count). The fourth-order valence-corrected chi connectivity index (χ4v) is 3.99. The molecule has 4 aromatic rings. The summed E-state index contributed by atoms with van der Waals surface area (Å²) in [5, 5.41) is 2.62. The minimum Gasteiger partial charge on any atom is -0.454 e. The van der Waals surface area contributed by atoms with Crippen molar-refractivity contribution in [1.29, 1.82) is 0 Å². The van der Waals surface area contributed by atoms with Crippen LogP contribution in [0.4, 0.5) is 24.0 Å². The molecular formula is C22H16F3N3O3S. The van der Waals surface area contributed by atoms with Crippen LogP contribution < -0.4 is 4.90 Å². The van der Waals surface area contributed by atoms with E-state index in [4.69, 9.17) is 4.74 Å². The number of alkyl halides is 3. The highest BCUT2D eigenvalue weighted by molar-refractivity contribution is 7.14. The summed E-state index contributed by atoms with van der Waals surface area (Å²) in [6.45, 7) is 1.08. The van der Waals surface area contributed by atoms with Gasteiger partial charge in [0, 0.05) is 23.2 Å². The van der Waals surface area contributed by atoms with E-state index in [9.17, 15) is 22.8 Å². The maximum Gasteiger partial charge on any atom is 0.416 e. The predicted octanol–water partition coefficient (Wildman–Crippen LogP) is 5.68. The number of H-pyrrole nitrogens is 1. The van der Waals surface area contributed by atoms with E-state index < -0.39 is 23.6 Å². The molecule has 0 spiro atoms. The number of amides is 1. The second-order valence-electron chi connectivity index (χ2n) is 6.87. The SMILES string of the molecule is CC(=O)N(c1cccc(C(F)(F)F)c1)c1nc(COC(=O)c2cc3ccccc3[nH]2)cs1. The van der Waals surface area contributed by atoms with Crippen LogP contribution in [0.25, 0.3) is 10.9 Å². The summed E-state index contributed by atoms with van der Waals surface area (Å²) in [7, 11) is 0. The number of hydrogen-bond donors (Lipinski definition) is 1. The third-order valence-corrected chi connectivity index (χ3v) is 5.45. The zero-order valence-corrected chi connectivity index (χ0v) is 17.5. The summed E-state index contributed by atoms with van der Waals surface area (Å²) < 4.78 is 44.5. The number of esters is 1. The lowest BCUT2D eigenvalue weighted by Crippen LogP contribution is -2.23. The van der Waals surface area contributed by atoms with Crippen LogP contribution in [-0.4, -0.2) is 21.8 Å². The molecule has 0 aliphatic heterocycles. The average molecular weight is 459 g/mol. The van der Waals surface area contributed by atoms with E-state index in [1.807, 2.05) is 24.3 Å². The maximum atomic E-state index is 13.1. The molecule has 0 aliphatic rings. The molecule has 10 heteroatoms. The first kappa shape index (κ1) is 21.6. The van der Waals surface area contributed by atoms with Gasteiger partial charge in [-0.2, -0.15) is 13.2 Å². The van der Waals surface area contributed by atoms with E-state index in [0.29, 0.717) is 5.69 Å². The van der Waals surface area contributed by atoms with Gasteiger partial charge in [0.2, 0.25) is 5.91 Å². The Morgan fingerprint density at radius 2 is 1.91 bits per heavy atom. The number of hydrogen-bond acceptors (Lipinski definition) is 5. The lowest BCUT2D eigenvalue weighted by Gasteiger charge is -2.19. The van der Waals surface area contributed by atoms with Gasteiger partial charge >= 0.3 is 12.1 Å². The number of ether oxygens (including phenoxy) is 1. The van der Waals surface area contributed by atoms with Gasteiger partial charge in [-0.15, -0.1) is 11.3 Å². The van der Waals surface area contributed by atoms with Crippen molar-refractivity contribution in [3.8, 4) is 0 Å². The number of aromatic nitrogens is 2. The molecule has 0 fully saturated rings. The van der Waals surface area contributed by atoms with Crippen LogP contribution in [0.15, 0.2) is 60.0 Å². The number of aromatic amines is 1. The molecule has 0 aliphatic carbocycles. The van der Waals surface area contributed by atoms with Crippen molar-refractivity contribution in [3.05, 3.63) is 76.9 Å². The number of carbonyl (C=O) groups excluding carboxylic acids is 2. The smallest absolute Gasteiger partial charge is 0.416 e. The van der Waals surface area contributed by atoms with Gasteiger partial charge in [0.15, 0.2) is 5.13 Å². The Labute approximate surface area is 184 Å². The molecule has 1 N–H and O–H groups in total. The number of carbonyl (C=O) groups is 2. The van der Waals surface area contributed by atoms with Crippen LogP contribution in [0.2, 0.25) is 0 Å². The lowest BCUT2D eigenvalue weighted by molar-refractivity contribution is -0.137. The van der Waals surface area contributed by atoms with Crippen molar-refractivity contribution in [3.63, 3.8) is 0 Å². The molecule has 32 heavy (non-hydrogen) atoms. The summed E-state index contributed by atoms with van der Waals surface area (Å²) in [4.78, 5) is 32.8. The number of nitrogens with zero attached hydrogens (tertiary/aromatic N) is 2. The van der Waals surface area contributed by atoms with Crippen LogP contribution in [-0.2, 0) is 22.3 Å². The molecule has 2 aromatic carbocycles. The van der Waals surface area contributed by atoms with Crippen LogP contribution in [0.1, 0.15) is 28.7 Å². The Morgan fingerprint density at radius 3 is 2.62 bits per heavy atom. The lowest BCUT2D eigenvalue weighted by atomic mass is 10.2. The third kappa shape index (κ3) is 4.50. The van der Waals surface area contributed by atoms with Crippen molar-refractivity contribution in [1.82, 2.24) is 9.97 Å². The molecular weight excluding hydrogens is 443 g/mol. The van der Waals surface area contributed by atoms with Crippen LogP contribution in [0.3, 0.4) is 0 Å². The third-order valence-electron chi connectivity index (χ3n) is 4.58. The molecule has 164 valence electrons. The number of para-hydroxylation sites is 1. The van der Waals surface area contributed by atoms with E-state index in [1.54, 1.807) is 11.4 Å². The van der Waals surface area contributed by atoms with Gasteiger partial charge in [-0.05, 0) is 30.3 Å². The molecule has 0 atom stereocenters. The van der Waals surface area contributed by atoms with Gasteiger partial charge in [-0.25, -0.2) is 9.78 Å². The molecule has 1 amide bonds. The van der Waals surface area contributed by atoms with Crippen molar-refractivity contribution >= 4 is 44.9 Å². The van der Waals surface area contributed by atoms with Gasteiger partial charge in [0.05, 0.1) is 16.9 Å². The normalized spacial score (nSPS) is 11.5. The van der Waals surface area contributed by atoms with Gasteiger partial charge < -0.3 is 9.72 Å².